The van der Waals surface area contributed by atoms with Crippen LogP contribution in [0, 0.1) is 11.3 Å². The number of hydrogen-bond donors (Lipinski definition) is 1. The molecule has 1 rings (SSSR count). The van der Waals surface area contributed by atoms with E-state index in [1.165, 1.54) is 0 Å². The van der Waals surface area contributed by atoms with Crippen LogP contribution in [0.2, 0.25) is 0 Å². The molecular formula is C12H24N4. The highest BCUT2D eigenvalue weighted by Gasteiger charge is 2.26. The molecule has 2 N–H and O–H groups in total. The minimum Gasteiger partial charge on any atom is -0.321 e. The fourth-order valence-corrected chi connectivity index (χ4v) is 1.56. The summed E-state index contributed by atoms with van der Waals surface area (Å²) in [7, 11) is 1.91. The zero-order valence-corrected chi connectivity index (χ0v) is 11.3. The van der Waals surface area contributed by atoms with Crippen molar-refractivity contribution in [1.29, 1.82) is 0 Å². The molecule has 4 heteroatoms. The summed E-state index contributed by atoms with van der Waals surface area (Å²) in [6, 6.07) is -0.0779. The van der Waals surface area contributed by atoms with Crippen LogP contribution in [0.5, 0.6) is 0 Å². The molecule has 0 aliphatic rings. The van der Waals surface area contributed by atoms with Crippen LogP contribution in [0.3, 0.4) is 0 Å². The predicted molar refractivity (Wildman–Crippen MR) is 65.9 cm³/mol. The van der Waals surface area contributed by atoms with Gasteiger partial charge in [0, 0.05) is 13.5 Å². The Morgan fingerprint density at radius 1 is 1.31 bits per heavy atom. The molecular weight excluding hydrogens is 200 g/mol. The molecule has 1 heterocycles. The third-order valence-corrected chi connectivity index (χ3v) is 2.64. The third kappa shape index (κ3) is 3.04. The molecule has 0 amide bonds. The second-order valence-electron chi connectivity index (χ2n) is 5.95. The first-order valence-electron chi connectivity index (χ1n) is 5.87. The van der Waals surface area contributed by atoms with E-state index < -0.39 is 0 Å². The van der Waals surface area contributed by atoms with Gasteiger partial charge in [-0.05, 0) is 11.3 Å². The molecule has 1 unspecified atom stereocenters. The van der Waals surface area contributed by atoms with Crippen molar-refractivity contribution in [2.45, 2.75) is 47.1 Å². The molecule has 1 aromatic rings. The maximum atomic E-state index is 6.19. The number of aromatic nitrogens is 3. The summed E-state index contributed by atoms with van der Waals surface area (Å²) in [5.41, 5.74) is 6.20. The largest absolute Gasteiger partial charge is 0.321 e. The molecule has 1 aromatic heterocycles. The summed E-state index contributed by atoms with van der Waals surface area (Å²) in [6.07, 6.45) is 0.907. The predicted octanol–water partition coefficient (Wildman–Crippen LogP) is 2.06. The molecule has 1 atom stereocenters. The average molecular weight is 224 g/mol. The van der Waals surface area contributed by atoms with Crippen molar-refractivity contribution in [1.82, 2.24) is 14.8 Å². The molecule has 0 saturated carbocycles. The summed E-state index contributed by atoms with van der Waals surface area (Å²) >= 11 is 0. The molecule has 0 fully saturated rings. The van der Waals surface area contributed by atoms with Crippen molar-refractivity contribution >= 4 is 0 Å². The molecule has 16 heavy (non-hydrogen) atoms. The Hall–Kier alpha value is -0.900. The highest BCUT2D eigenvalue weighted by Crippen LogP contribution is 2.29. The standard InChI is InChI=1S/C12H24N4/c1-8(2)7-9-14-11(16(6)15-9)10(13)12(3,4)5/h8,10H,7,13H2,1-6H3. The van der Waals surface area contributed by atoms with Gasteiger partial charge in [0.2, 0.25) is 0 Å². The van der Waals surface area contributed by atoms with Gasteiger partial charge in [0.1, 0.15) is 5.82 Å². The van der Waals surface area contributed by atoms with Crippen LogP contribution in [-0.2, 0) is 13.5 Å². The van der Waals surface area contributed by atoms with Gasteiger partial charge in [-0.2, -0.15) is 5.10 Å². The third-order valence-electron chi connectivity index (χ3n) is 2.64. The Labute approximate surface area is 98.2 Å². The quantitative estimate of drug-likeness (QED) is 0.855. The number of aryl methyl sites for hydroxylation is 1. The number of nitrogens with zero attached hydrogens (tertiary/aromatic N) is 3. The topological polar surface area (TPSA) is 56.7 Å². The molecule has 0 spiro atoms. The van der Waals surface area contributed by atoms with Gasteiger partial charge in [0.25, 0.3) is 0 Å². The maximum absolute atomic E-state index is 6.19. The summed E-state index contributed by atoms with van der Waals surface area (Å²) in [6.45, 7) is 10.7. The van der Waals surface area contributed by atoms with Crippen molar-refractivity contribution in [3.05, 3.63) is 11.6 Å². The van der Waals surface area contributed by atoms with E-state index in [0.29, 0.717) is 5.92 Å². The van der Waals surface area contributed by atoms with Crippen molar-refractivity contribution in [3.63, 3.8) is 0 Å². The summed E-state index contributed by atoms with van der Waals surface area (Å²) in [4.78, 5) is 4.54. The van der Waals surface area contributed by atoms with Crippen molar-refractivity contribution < 1.29 is 0 Å². The summed E-state index contributed by atoms with van der Waals surface area (Å²) in [5.74, 6) is 2.34. The summed E-state index contributed by atoms with van der Waals surface area (Å²) in [5, 5.41) is 4.41. The van der Waals surface area contributed by atoms with E-state index >= 15 is 0 Å². The highest BCUT2D eigenvalue weighted by molar-refractivity contribution is 5.02. The Kier molecular flexibility index (Phi) is 3.73. The van der Waals surface area contributed by atoms with Crippen molar-refractivity contribution in [3.8, 4) is 0 Å². The minimum absolute atomic E-state index is 0.00982. The van der Waals surface area contributed by atoms with Crippen LogP contribution in [0.4, 0.5) is 0 Å². The fraction of sp³-hybridized carbons (Fsp3) is 0.833. The van der Waals surface area contributed by atoms with Crippen LogP contribution in [-0.4, -0.2) is 14.8 Å². The molecule has 0 bridgehead atoms. The molecule has 0 radical (unpaired) electrons. The van der Waals surface area contributed by atoms with Gasteiger partial charge >= 0.3 is 0 Å². The van der Waals surface area contributed by atoms with E-state index in [1.807, 2.05) is 11.7 Å². The van der Waals surface area contributed by atoms with Crippen LogP contribution in [0.25, 0.3) is 0 Å². The second-order valence-corrected chi connectivity index (χ2v) is 5.95. The molecule has 0 aromatic carbocycles. The van der Waals surface area contributed by atoms with Gasteiger partial charge in [0.05, 0.1) is 6.04 Å². The lowest BCUT2D eigenvalue weighted by atomic mass is 9.87. The first-order valence-corrected chi connectivity index (χ1v) is 5.87. The Balaban J connectivity index is 2.93. The van der Waals surface area contributed by atoms with E-state index in [4.69, 9.17) is 5.73 Å². The van der Waals surface area contributed by atoms with E-state index in [0.717, 1.165) is 18.1 Å². The number of rotatable bonds is 3. The van der Waals surface area contributed by atoms with Gasteiger partial charge < -0.3 is 5.73 Å². The maximum Gasteiger partial charge on any atom is 0.151 e. The van der Waals surface area contributed by atoms with E-state index in [9.17, 15) is 0 Å². The smallest absolute Gasteiger partial charge is 0.151 e. The Morgan fingerprint density at radius 3 is 2.31 bits per heavy atom. The van der Waals surface area contributed by atoms with E-state index in [-0.39, 0.29) is 11.5 Å². The molecule has 0 aliphatic carbocycles. The lowest BCUT2D eigenvalue weighted by Crippen LogP contribution is -2.29. The van der Waals surface area contributed by atoms with Gasteiger partial charge in [-0.3, -0.25) is 4.68 Å². The summed E-state index contributed by atoms with van der Waals surface area (Å²) < 4.78 is 1.81. The first kappa shape index (κ1) is 13.2. The molecule has 0 saturated heterocycles. The normalized spacial score (nSPS) is 14.5. The zero-order valence-electron chi connectivity index (χ0n) is 11.3. The second kappa shape index (κ2) is 4.53. The first-order chi connectivity index (χ1) is 7.21. The van der Waals surface area contributed by atoms with Gasteiger partial charge in [-0.1, -0.05) is 34.6 Å². The van der Waals surface area contributed by atoms with Gasteiger partial charge in [-0.15, -0.1) is 0 Å². The van der Waals surface area contributed by atoms with Crippen LogP contribution >= 0.6 is 0 Å². The van der Waals surface area contributed by atoms with E-state index in [2.05, 4.69) is 44.7 Å². The van der Waals surface area contributed by atoms with Gasteiger partial charge in [-0.25, -0.2) is 4.98 Å². The number of hydrogen-bond acceptors (Lipinski definition) is 3. The molecule has 4 nitrogen and oxygen atoms in total. The lowest BCUT2D eigenvalue weighted by Gasteiger charge is -2.25. The number of nitrogens with two attached hydrogens (primary N) is 1. The molecule has 0 aliphatic heterocycles. The van der Waals surface area contributed by atoms with Crippen LogP contribution < -0.4 is 5.73 Å². The monoisotopic (exact) mass is 224 g/mol. The van der Waals surface area contributed by atoms with Crippen LogP contribution in [0.15, 0.2) is 0 Å². The lowest BCUT2D eigenvalue weighted by molar-refractivity contribution is 0.308. The Morgan fingerprint density at radius 2 is 1.88 bits per heavy atom. The van der Waals surface area contributed by atoms with E-state index in [1.54, 1.807) is 0 Å². The minimum atomic E-state index is -0.0779. The van der Waals surface area contributed by atoms with Crippen molar-refractivity contribution in [2.75, 3.05) is 0 Å². The van der Waals surface area contributed by atoms with Crippen molar-refractivity contribution in [2.24, 2.45) is 24.1 Å². The fourth-order valence-electron chi connectivity index (χ4n) is 1.56. The average Bonchev–Trinajstić information content (AvgIpc) is 2.42. The van der Waals surface area contributed by atoms with Crippen LogP contribution in [0.1, 0.15) is 52.3 Å². The highest BCUT2D eigenvalue weighted by atomic mass is 15.3. The SMILES string of the molecule is CC(C)Cc1nc(C(N)C(C)(C)C)n(C)n1. The van der Waals surface area contributed by atoms with Gasteiger partial charge in [0.15, 0.2) is 5.82 Å². The molecule has 92 valence electrons. The Bertz CT molecular complexity index is 346. The zero-order chi connectivity index (χ0) is 12.5.